The van der Waals surface area contributed by atoms with E-state index < -0.39 is 0 Å². The second kappa shape index (κ2) is 5.92. The van der Waals surface area contributed by atoms with E-state index in [0.717, 1.165) is 43.9 Å². The van der Waals surface area contributed by atoms with Crippen LogP contribution in [0.4, 0.5) is 5.69 Å². The van der Waals surface area contributed by atoms with Gasteiger partial charge in [-0.1, -0.05) is 6.92 Å². The van der Waals surface area contributed by atoms with Crippen LogP contribution in [0.2, 0.25) is 0 Å². The minimum Gasteiger partial charge on any atom is -0.497 e. The number of methoxy groups -OCH3 is 1. The Morgan fingerprint density at radius 3 is 2.71 bits per heavy atom. The Hall–Kier alpha value is -1.22. The summed E-state index contributed by atoms with van der Waals surface area (Å²) in [5.74, 6) is 0.930. The number of benzene rings is 1. The Morgan fingerprint density at radius 1 is 1.29 bits per heavy atom. The molecule has 1 saturated heterocycles. The van der Waals surface area contributed by atoms with Crippen molar-refractivity contribution in [2.45, 2.75) is 32.2 Å². The van der Waals surface area contributed by atoms with Crippen LogP contribution < -0.4 is 10.1 Å². The largest absolute Gasteiger partial charge is 0.497 e. The monoisotopic (exact) mass is 235 g/mol. The molecule has 0 spiro atoms. The predicted molar refractivity (Wildman–Crippen MR) is 69.8 cm³/mol. The zero-order valence-electron chi connectivity index (χ0n) is 10.7. The molecule has 0 unspecified atom stereocenters. The van der Waals surface area contributed by atoms with Crippen LogP contribution in [0.25, 0.3) is 0 Å². The first kappa shape index (κ1) is 12.2. The van der Waals surface area contributed by atoms with Crippen molar-refractivity contribution in [1.82, 2.24) is 0 Å². The summed E-state index contributed by atoms with van der Waals surface area (Å²) >= 11 is 0. The summed E-state index contributed by atoms with van der Waals surface area (Å²) in [6.07, 6.45) is 3.19. The highest BCUT2D eigenvalue weighted by atomic mass is 16.5. The predicted octanol–water partition coefficient (Wildman–Crippen LogP) is 2.85. The van der Waals surface area contributed by atoms with Crippen molar-refractivity contribution in [3.63, 3.8) is 0 Å². The lowest BCUT2D eigenvalue weighted by Gasteiger charge is -2.24. The average Bonchev–Trinajstić information content (AvgIpc) is 2.39. The number of hydrogen-bond donors (Lipinski definition) is 1. The van der Waals surface area contributed by atoms with E-state index >= 15 is 0 Å². The van der Waals surface area contributed by atoms with Crippen LogP contribution in [0.3, 0.4) is 0 Å². The highest BCUT2D eigenvalue weighted by molar-refractivity contribution is 5.52. The summed E-state index contributed by atoms with van der Waals surface area (Å²) in [5, 5.41) is 3.57. The molecule has 0 amide bonds. The molecule has 1 aromatic carbocycles. The SMILES string of the molecule is CCc1cc(NC2CCOCC2)cc(OC)c1. The molecule has 1 heterocycles. The molecule has 1 aromatic rings. The minimum absolute atomic E-state index is 0.528. The van der Waals surface area contributed by atoms with Crippen molar-refractivity contribution in [3.05, 3.63) is 23.8 Å². The standard InChI is InChI=1S/C14H21NO2/c1-3-11-8-13(10-14(9-11)16-2)15-12-4-6-17-7-5-12/h8-10,12,15H,3-7H2,1-2H3. The molecule has 0 aliphatic carbocycles. The Bertz CT molecular complexity index is 337. The fraction of sp³-hybridized carbons (Fsp3) is 0.571. The number of rotatable bonds is 4. The lowest BCUT2D eigenvalue weighted by atomic mass is 10.1. The maximum absolute atomic E-state index is 5.36. The van der Waals surface area contributed by atoms with Gasteiger partial charge in [-0.05, 0) is 37.0 Å². The molecule has 0 atom stereocenters. The van der Waals surface area contributed by atoms with E-state index in [1.807, 2.05) is 0 Å². The van der Waals surface area contributed by atoms with E-state index in [4.69, 9.17) is 9.47 Å². The first-order valence-electron chi connectivity index (χ1n) is 6.34. The van der Waals surface area contributed by atoms with Gasteiger partial charge in [0, 0.05) is 31.0 Å². The van der Waals surface area contributed by atoms with Crippen molar-refractivity contribution in [2.24, 2.45) is 0 Å². The van der Waals surface area contributed by atoms with E-state index in [1.54, 1.807) is 7.11 Å². The summed E-state index contributed by atoms with van der Waals surface area (Å²) in [5.41, 5.74) is 2.46. The van der Waals surface area contributed by atoms with Gasteiger partial charge in [-0.25, -0.2) is 0 Å². The molecule has 1 N–H and O–H groups in total. The first-order chi connectivity index (χ1) is 8.31. The summed E-state index contributed by atoms with van der Waals surface area (Å²) in [6, 6.07) is 6.89. The normalized spacial score (nSPS) is 16.8. The van der Waals surface area contributed by atoms with Crippen molar-refractivity contribution in [1.29, 1.82) is 0 Å². The molecule has 1 fully saturated rings. The minimum atomic E-state index is 0.528. The maximum Gasteiger partial charge on any atom is 0.121 e. The molecule has 1 aliphatic rings. The second-order valence-electron chi connectivity index (χ2n) is 4.45. The second-order valence-corrected chi connectivity index (χ2v) is 4.45. The molecule has 0 saturated carbocycles. The Morgan fingerprint density at radius 2 is 2.06 bits per heavy atom. The number of nitrogens with one attached hydrogen (secondary N) is 1. The Balaban J connectivity index is 2.07. The van der Waals surface area contributed by atoms with Gasteiger partial charge in [0.1, 0.15) is 5.75 Å². The number of anilines is 1. The average molecular weight is 235 g/mol. The van der Waals surface area contributed by atoms with Crippen LogP contribution in [-0.4, -0.2) is 26.4 Å². The van der Waals surface area contributed by atoms with Crippen LogP contribution in [0.1, 0.15) is 25.3 Å². The van der Waals surface area contributed by atoms with Crippen LogP contribution >= 0.6 is 0 Å². The third-order valence-electron chi connectivity index (χ3n) is 3.20. The third kappa shape index (κ3) is 3.37. The van der Waals surface area contributed by atoms with Crippen molar-refractivity contribution < 1.29 is 9.47 Å². The van der Waals surface area contributed by atoms with Crippen LogP contribution in [0, 0.1) is 0 Å². The molecule has 1 aliphatic heterocycles. The fourth-order valence-electron chi connectivity index (χ4n) is 2.14. The topological polar surface area (TPSA) is 30.5 Å². The first-order valence-corrected chi connectivity index (χ1v) is 6.34. The molecule has 0 bridgehead atoms. The lowest BCUT2D eigenvalue weighted by molar-refractivity contribution is 0.0904. The molecule has 17 heavy (non-hydrogen) atoms. The smallest absolute Gasteiger partial charge is 0.121 e. The Kier molecular flexibility index (Phi) is 4.26. The molecule has 3 nitrogen and oxygen atoms in total. The van der Waals surface area contributed by atoms with Gasteiger partial charge in [-0.2, -0.15) is 0 Å². The summed E-state index contributed by atoms with van der Waals surface area (Å²) in [7, 11) is 1.72. The van der Waals surface area contributed by atoms with Crippen molar-refractivity contribution in [2.75, 3.05) is 25.6 Å². The van der Waals surface area contributed by atoms with Crippen LogP contribution in [0.5, 0.6) is 5.75 Å². The molecule has 94 valence electrons. The zero-order valence-corrected chi connectivity index (χ0v) is 10.7. The van der Waals surface area contributed by atoms with Gasteiger partial charge in [0.2, 0.25) is 0 Å². The fourth-order valence-corrected chi connectivity index (χ4v) is 2.14. The maximum atomic E-state index is 5.36. The quantitative estimate of drug-likeness (QED) is 0.870. The van der Waals surface area contributed by atoms with E-state index in [9.17, 15) is 0 Å². The van der Waals surface area contributed by atoms with Crippen LogP contribution in [0.15, 0.2) is 18.2 Å². The van der Waals surface area contributed by atoms with E-state index in [0.29, 0.717) is 6.04 Å². The van der Waals surface area contributed by atoms with Gasteiger partial charge in [0.05, 0.1) is 7.11 Å². The molecule has 3 heteroatoms. The van der Waals surface area contributed by atoms with Crippen LogP contribution in [-0.2, 0) is 11.2 Å². The van der Waals surface area contributed by atoms with Gasteiger partial charge in [-0.3, -0.25) is 0 Å². The van der Waals surface area contributed by atoms with Crippen molar-refractivity contribution in [3.8, 4) is 5.75 Å². The van der Waals surface area contributed by atoms with Gasteiger partial charge < -0.3 is 14.8 Å². The number of ether oxygens (including phenoxy) is 2. The zero-order chi connectivity index (χ0) is 12.1. The Labute approximate surface area is 103 Å². The highest BCUT2D eigenvalue weighted by Crippen LogP contribution is 2.23. The van der Waals surface area contributed by atoms with Gasteiger partial charge in [0.25, 0.3) is 0 Å². The third-order valence-corrected chi connectivity index (χ3v) is 3.20. The summed E-state index contributed by atoms with van der Waals surface area (Å²) < 4.78 is 10.7. The van der Waals surface area contributed by atoms with Gasteiger partial charge in [0.15, 0.2) is 0 Å². The van der Waals surface area contributed by atoms with Gasteiger partial charge >= 0.3 is 0 Å². The molecule has 0 aromatic heterocycles. The number of aryl methyl sites for hydroxylation is 1. The molecular formula is C14H21NO2. The van der Waals surface area contributed by atoms with E-state index in [1.165, 1.54) is 5.56 Å². The molecule has 0 radical (unpaired) electrons. The summed E-state index contributed by atoms with van der Waals surface area (Å²) in [6.45, 7) is 3.89. The van der Waals surface area contributed by atoms with Gasteiger partial charge in [-0.15, -0.1) is 0 Å². The van der Waals surface area contributed by atoms with E-state index in [2.05, 4.69) is 30.4 Å². The highest BCUT2D eigenvalue weighted by Gasteiger charge is 2.13. The van der Waals surface area contributed by atoms with E-state index in [-0.39, 0.29) is 0 Å². The molecule has 2 rings (SSSR count). The van der Waals surface area contributed by atoms with Crippen molar-refractivity contribution >= 4 is 5.69 Å². The summed E-state index contributed by atoms with van der Waals surface area (Å²) in [4.78, 5) is 0. The number of hydrogen-bond acceptors (Lipinski definition) is 3. The molecular weight excluding hydrogens is 214 g/mol. The lowest BCUT2D eigenvalue weighted by Crippen LogP contribution is -2.27.